The highest BCUT2D eigenvalue weighted by Crippen LogP contribution is 2.57. The van der Waals surface area contributed by atoms with Gasteiger partial charge in [-0.3, -0.25) is 14.4 Å². The monoisotopic (exact) mass is 536 g/mol. The molecular formula is C31H40N2O6. The summed E-state index contributed by atoms with van der Waals surface area (Å²) in [4.78, 5) is 45.8. The molecule has 2 saturated heterocycles. The second-order valence-electron chi connectivity index (χ2n) is 11.9. The number of aliphatic hydroxyl groups is 1. The number of benzene rings is 1. The third-order valence-corrected chi connectivity index (χ3v) is 8.59. The van der Waals surface area contributed by atoms with E-state index in [0.29, 0.717) is 19.5 Å². The molecule has 0 bridgehead atoms. The molecule has 4 aliphatic rings. The molecule has 39 heavy (non-hydrogen) atoms. The van der Waals surface area contributed by atoms with E-state index in [0.717, 1.165) is 24.8 Å². The zero-order valence-corrected chi connectivity index (χ0v) is 23.1. The summed E-state index contributed by atoms with van der Waals surface area (Å²) < 4.78 is 12.5. The summed E-state index contributed by atoms with van der Waals surface area (Å²) in [6, 6.07) is 8.13. The molecule has 4 heterocycles. The number of amides is 2. The number of rotatable bonds is 6. The van der Waals surface area contributed by atoms with E-state index in [1.807, 2.05) is 75.4 Å². The Morgan fingerprint density at radius 2 is 1.79 bits per heavy atom. The molecule has 0 aromatic heterocycles. The van der Waals surface area contributed by atoms with Gasteiger partial charge in [0.2, 0.25) is 11.8 Å². The lowest BCUT2D eigenvalue weighted by molar-refractivity contribution is -0.162. The second-order valence-corrected chi connectivity index (χ2v) is 11.9. The highest BCUT2D eigenvalue weighted by atomic mass is 16.6. The minimum Gasteiger partial charge on any atom is -0.465 e. The van der Waals surface area contributed by atoms with Gasteiger partial charge in [0.05, 0.1) is 30.8 Å². The fourth-order valence-corrected chi connectivity index (χ4v) is 6.94. The lowest BCUT2D eigenvalue weighted by atomic mass is 9.74. The van der Waals surface area contributed by atoms with E-state index < -0.39 is 41.1 Å². The number of fused-ring (bicyclic) bond motifs is 2. The molecule has 8 nitrogen and oxygen atoms in total. The van der Waals surface area contributed by atoms with Crippen LogP contribution in [0.1, 0.15) is 52.0 Å². The molecule has 6 atom stereocenters. The van der Waals surface area contributed by atoms with Crippen molar-refractivity contribution >= 4 is 17.8 Å². The molecule has 5 rings (SSSR count). The van der Waals surface area contributed by atoms with Gasteiger partial charge in [0, 0.05) is 13.1 Å². The van der Waals surface area contributed by atoms with Crippen molar-refractivity contribution in [1.29, 1.82) is 0 Å². The highest BCUT2D eigenvalue weighted by Gasteiger charge is 2.75. The van der Waals surface area contributed by atoms with E-state index in [1.165, 1.54) is 4.90 Å². The molecule has 8 heteroatoms. The second kappa shape index (κ2) is 10.9. The Balaban J connectivity index is 1.63. The van der Waals surface area contributed by atoms with Crippen LogP contribution < -0.4 is 0 Å². The standard InChI is InChI=1S/C31H40N2O6/c1-21(2)18-23(20-34)33-26-28(36)32(19-22-12-7-6-8-13-22)16-11-15-31(26)24(27(33)35)25-29(37)38-17-10-5-4-9-14-30(25,3)39-31/h6-9,11-15,21,23-26,34H,4-5,10,16-20H2,1-3H3/b14-9-/t23-,24+,25+,26?,30-,31+/m1/s1. The predicted octanol–water partition coefficient (Wildman–Crippen LogP) is 3.25. The summed E-state index contributed by atoms with van der Waals surface area (Å²) in [6.45, 7) is 6.58. The van der Waals surface area contributed by atoms with Crippen LogP contribution >= 0.6 is 0 Å². The van der Waals surface area contributed by atoms with Crippen LogP contribution in [0, 0.1) is 17.8 Å². The summed E-state index contributed by atoms with van der Waals surface area (Å²) >= 11 is 0. The number of likely N-dealkylation sites (tertiary alicyclic amines) is 1. The van der Waals surface area contributed by atoms with Crippen LogP contribution in [0.3, 0.4) is 0 Å². The fraction of sp³-hybridized carbons (Fsp3) is 0.581. The van der Waals surface area contributed by atoms with E-state index in [1.54, 1.807) is 4.90 Å². The lowest BCUT2D eigenvalue weighted by Crippen LogP contribution is -2.58. The van der Waals surface area contributed by atoms with Crippen LogP contribution in [0.5, 0.6) is 0 Å². The third-order valence-electron chi connectivity index (χ3n) is 8.59. The molecule has 1 spiro atoms. The lowest BCUT2D eigenvalue weighted by Gasteiger charge is -2.40. The zero-order chi connectivity index (χ0) is 27.8. The first-order valence-electron chi connectivity index (χ1n) is 14.2. The van der Waals surface area contributed by atoms with E-state index in [-0.39, 0.29) is 30.9 Å². The normalized spacial score (nSPS) is 34.3. The maximum atomic E-state index is 14.5. The van der Waals surface area contributed by atoms with E-state index in [9.17, 15) is 19.5 Å². The van der Waals surface area contributed by atoms with Gasteiger partial charge in [0.1, 0.15) is 17.6 Å². The molecule has 4 aliphatic heterocycles. The van der Waals surface area contributed by atoms with Crippen LogP contribution in [0.25, 0.3) is 0 Å². The van der Waals surface area contributed by atoms with Crippen molar-refractivity contribution in [2.45, 2.75) is 76.3 Å². The van der Waals surface area contributed by atoms with Crippen molar-refractivity contribution in [3.05, 3.63) is 60.2 Å². The van der Waals surface area contributed by atoms with Gasteiger partial charge in [-0.15, -0.1) is 0 Å². The molecule has 1 unspecified atom stereocenters. The Kier molecular flexibility index (Phi) is 7.71. The van der Waals surface area contributed by atoms with Gasteiger partial charge < -0.3 is 24.4 Å². The van der Waals surface area contributed by atoms with Crippen molar-refractivity contribution in [1.82, 2.24) is 9.80 Å². The summed E-state index contributed by atoms with van der Waals surface area (Å²) in [5, 5.41) is 10.5. The first kappa shape index (κ1) is 27.6. The molecule has 0 radical (unpaired) electrons. The van der Waals surface area contributed by atoms with Gasteiger partial charge in [0.25, 0.3) is 0 Å². The Morgan fingerprint density at radius 1 is 1.03 bits per heavy atom. The largest absolute Gasteiger partial charge is 0.465 e. The zero-order valence-electron chi connectivity index (χ0n) is 23.1. The van der Waals surface area contributed by atoms with E-state index in [4.69, 9.17) is 9.47 Å². The first-order chi connectivity index (χ1) is 18.7. The van der Waals surface area contributed by atoms with Crippen molar-refractivity contribution in [3.8, 4) is 0 Å². The van der Waals surface area contributed by atoms with Crippen molar-refractivity contribution < 1.29 is 29.0 Å². The molecule has 1 aromatic carbocycles. The van der Waals surface area contributed by atoms with Crippen LogP contribution in [0.4, 0.5) is 0 Å². The molecule has 0 saturated carbocycles. The minimum absolute atomic E-state index is 0.177. The fourth-order valence-electron chi connectivity index (χ4n) is 6.94. The number of hydrogen-bond donors (Lipinski definition) is 1. The quantitative estimate of drug-likeness (QED) is 0.443. The van der Waals surface area contributed by atoms with Crippen LogP contribution in [-0.4, -0.2) is 75.7 Å². The highest BCUT2D eigenvalue weighted by molar-refractivity contribution is 5.99. The average molecular weight is 537 g/mol. The topological polar surface area (TPSA) is 96.4 Å². The summed E-state index contributed by atoms with van der Waals surface area (Å²) in [7, 11) is 0. The Bertz CT molecular complexity index is 1150. The SMILES string of the molecule is CC(C)C[C@H](CO)N1C(=O)[C@@H]2[C@H]3C(=O)OCCCC/C=C\[C@@]3(C)O[C@@]23C=CCN(Cc2ccccc2)C(=O)C13. The van der Waals surface area contributed by atoms with Crippen LogP contribution in [0.15, 0.2) is 54.6 Å². The Morgan fingerprint density at radius 3 is 2.51 bits per heavy atom. The molecule has 2 amide bonds. The molecule has 0 aliphatic carbocycles. The van der Waals surface area contributed by atoms with Crippen LogP contribution in [0.2, 0.25) is 0 Å². The molecular weight excluding hydrogens is 496 g/mol. The number of allylic oxidation sites excluding steroid dienone is 1. The third kappa shape index (κ3) is 4.82. The van der Waals surface area contributed by atoms with Crippen molar-refractivity contribution in [2.75, 3.05) is 19.8 Å². The van der Waals surface area contributed by atoms with Gasteiger partial charge in [-0.2, -0.15) is 0 Å². The molecule has 1 aromatic rings. The van der Waals surface area contributed by atoms with Gasteiger partial charge in [-0.1, -0.05) is 68.5 Å². The minimum atomic E-state index is -1.36. The summed E-state index contributed by atoms with van der Waals surface area (Å²) in [5.74, 6) is -2.74. The van der Waals surface area contributed by atoms with Gasteiger partial charge in [-0.05, 0) is 44.1 Å². The smallest absolute Gasteiger partial charge is 0.313 e. The Labute approximate surface area is 230 Å². The molecule has 2 fully saturated rings. The van der Waals surface area contributed by atoms with Crippen molar-refractivity contribution in [3.63, 3.8) is 0 Å². The Hall–Kier alpha value is -2.97. The number of esters is 1. The maximum absolute atomic E-state index is 14.5. The number of ether oxygens (including phenoxy) is 2. The number of carbonyl (C=O) groups is 3. The first-order valence-corrected chi connectivity index (χ1v) is 14.2. The number of aliphatic hydroxyl groups excluding tert-OH is 1. The van der Waals surface area contributed by atoms with E-state index in [2.05, 4.69) is 0 Å². The average Bonchev–Trinajstić information content (AvgIpc) is 3.25. The van der Waals surface area contributed by atoms with Crippen LogP contribution in [-0.2, 0) is 30.4 Å². The number of hydrogen-bond acceptors (Lipinski definition) is 6. The molecule has 1 N–H and O–H groups in total. The summed E-state index contributed by atoms with van der Waals surface area (Å²) in [5.41, 5.74) is -1.50. The van der Waals surface area contributed by atoms with Crippen molar-refractivity contribution in [2.24, 2.45) is 17.8 Å². The van der Waals surface area contributed by atoms with E-state index >= 15 is 0 Å². The molecule has 210 valence electrons. The number of carbonyl (C=O) groups excluding carboxylic acids is 3. The van der Waals surface area contributed by atoms with Gasteiger partial charge in [-0.25, -0.2) is 0 Å². The van der Waals surface area contributed by atoms with Gasteiger partial charge >= 0.3 is 5.97 Å². The number of cyclic esters (lactones) is 1. The van der Waals surface area contributed by atoms with Gasteiger partial charge in [0.15, 0.2) is 0 Å². The number of nitrogens with zero attached hydrogens (tertiary/aromatic N) is 2. The summed E-state index contributed by atoms with van der Waals surface area (Å²) in [6.07, 6.45) is 10.6. The predicted molar refractivity (Wildman–Crippen MR) is 145 cm³/mol. The maximum Gasteiger partial charge on any atom is 0.313 e.